The predicted molar refractivity (Wildman–Crippen MR) is 89.7 cm³/mol. The van der Waals surface area contributed by atoms with Crippen LogP contribution in [0.15, 0.2) is 36.7 Å². The van der Waals surface area contributed by atoms with Gasteiger partial charge in [-0.25, -0.2) is 18.1 Å². The fourth-order valence-corrected chi connectivity index (χ4v) is 5.62. The van der Waals surface area contributed by atoms with Crippen molar-refractivity contribution in [2.75, 3.05) is 13.6 Å². The number of aromatic nitrogens is 3. The zero-order valence-electron chi connectivity index (χ0n) is 13.5. The molecular formula is C16H21N5O2S. The first-order valence-electron chi connectivity index (χ1n) is 8.13. The minimum Gasteiger partial charge on any atom is -0.291 e. The first kappa shape index (κ1) is 15.7. The van der Waals surface area contributed by atoms with Gasteiger partial charge in [0, 0.05) is 12.6 Å². The van der Waals surface area contributed by atoms with Gasteiger partial charge in [-0.1, -0.05) is 30.3 Å². The van der Waals surface area contributed by atoms with Crippen molar-refractivity contribution < 1.29 is 8.42 Å². The third-order valence-corrected chi connectivity index (χ3v) is 7.43. The highest BCUT2D eigenvalue weighted by Crippen LogP contribution is 2.50. The lowest BCUT2D eigenvalue weighted by atomic mass is 10.0. The Morgan fingerprint density at radius 2 is 2.08 bits per heavy atom. The summed E-state index contributed by atoms with van der Waals surface area (Å²) in [4.78, 5) is 6.44. The number of H-pyrrole nitrogens is 1. The Balaban J connectivity index is 1.56. The first-order valence-corrected chi connectivity index (χ1v) is 9.61. The lowest BCUT2D eigenvalue weighted by Crippen LogP contribution is -2.39. The summed E-state index contributed by atoms with van der Waals surface area (Å²) in [5.74, 6) is 0.755. The molecule has 24 heavy (non-hydrogen) atoms. The molecular weight excluding hydrogens is 326 g/mol. The summed E-state index contributed by atoms with van der Waals surface area (Å²) in [5.41, 5.74) is 1.10. The summed E-state index contributed by atoms with van der Waals surface area (Å²) in [7, 11) is -1.17. The molecule has 1 aliphatic heterocycles. The molecule has 128 valence electrons. The van der Waals surface area contributed by atoms with E-state index in [1.165, 1.54) is 6.33 Å². The SMILES string of the molecule is CN(CC1CC2(CC2)S(=O)(=O)N1)C(c1ccccc1)c1ncn[nH]1. The Labute approximate surface area is 141 Å². The summed E-state index contributed by atoms with van der Waals surface area (Å²) in [6.45, 7) is 0.626. The van der Waals surface area contributed by atoms with E-state index in [1.54, 1.807) is 0 Å². The molecule has 2 N–H and O–H groups in total. The normalized spacial score (nSPS) is 25.2. The average Bonchev–Trinajstić information content (AvgIpc) is 3.05. The van der Waals surface area contributed by atoms with Crippen molar-refractivity contribution in [2.24, 2.45) is 0 Å². The Kier molecular flexibility index (Phi) is 3.70. The van der Waals surface area contributed by atoms with E-state index >= 15 is 0 Å². The Hall–Kier alpha value is -1.77. The van der Waals surface area contributed by atoms with Gasteiger partial charge in [0.05, 0.1) is 10.8 Å². The van der Waals surface area contributed by atoms with Gasteiger partial charge in [0.2, 0.25) is 10.0 Å². The van der Waals surface area contributed by atoms with Crippen LogP contribution in [-0.4, -0.2) is 52.9 Å². The highest BCUT2D eigenvalue weighted by atomic mass is 32.2. The van der Waals surface area contributed by atoms with E-state index in [9.17, 15) is 8.42 Å². The molecule has 1 saturated heterocycles. The van der Waals surface area contributed by atoms with Crippen LogP contribution in [0.25, 0.3) is 0 Å². The van der Waals surface area contributed by atoms with Crippen LogP contribution in [-0.2, 0) is 10.0 Å². The van der Waals surface area contributed by atoms with Crippen molar-refractivity contribution in [1.82, 2.24) is 24.8 Å². The highest BCUT2D eigenvalue weighted by molar-refractivity contribution is 7.91. The minimum absolute atomic E-state index is 0.0587. The number of benzene rings is 1. The molecule has 8 heteroatoms. The molecule has 1 aromatic carbocycles. The summed E-state index contributed by atoms with van der Waals surface area (Å²) >= 11 is 0. The average molecular weight is 347 g/mol. The molecule has 2 unspecified atom stereocenters. The molecule has 2 heterocycles. The van der Waals surface area contributed by atoms with Gasteiger partial charge >= 0.3 is 0 Å². The van der Waals surface area contributed by atoms with Gasteiger partial charge in [-0.05, 0) is 31.9 Å². The van der Waals surface area contributed by atoms with Crippen molar-refractivity contribution in [2.45, 2.75) is 36.1 Å². The Morgan fingerprint density at radius 1 is 1.33 bits per heavy atom. The van der Waals surface area contributed by atoms with E-state index in [0.29, 0.717) is 13.0 Å². The number of nitrogens with one attached hydrogen (secondary N) is 2. The van der Waals surface area contributed by atoms with Crippen LogP contribution in [0.4, 0.5) is 0 Å². The first-order chi connectivity index (χ1) is 11.5. The quantitative estimate of drug-likeness (QED) is 0.844. The molecule has 2 fully saturated rings. The summed E-state index contributed by atoms with van der Waals surface area (Å²) in [6, 6.07) is 9.90. The standard InChI is InChI=1S/C16H21N5O2S/c1-21(10-13-9-16(7-8-16)24(22,23)20-13)14(15-17-11-18-19-15)12-5-3-2-4-6-12/h2-6,11,13-14,20H,7-10H2,1H3,(H,17,18,19). The van der Waals surface area contributed by atoms with E-state index in [0.717, 1.165) is 24.2 Å². The highest BCUT2D eigenvalue weighted by Gasteiger charge is 2.60. The number of rotatable bonds is 5. The van der Waals surface area contributed by atoms with Crippen LogP contribution in [0.1, 0.15) is 36.7 Å². The fraction of sp³-hybridized carbons (Fsp3) is 0.500. The van der Waals surface area contributed by atoms with Crippen molar-refractivity contribution in [3.8, 4) is 0 Å². The third-order valence-electron chi connectivity index (χ3n) is 5.08. The smallest absolute Gasteiger partial charge is 0.217 e. The van der Waals surface area contributed by atoms with Crippen LogP contribution in [0.5, 0.6) is 0 Å². The lowest BCUT2D eigenvalue weighted by Gasteiger charge is -2.28. The number of sulfonamides is 1. The Morgan fingerprint density at radius 3 is 2.67 bits per heavy atom. The molecule has 2 aromatic rings. The van der Waals surface area contributed by atoms with Gasteiger partial charge in [0.15, 0.2) is 0 Å². The van der Waals surface area contributed by atoms with Crippen LogP contribution in [0.3, 0.4) is 0 Å². The maximum atomic E-state index is 12.2. The predicted octanol–water partition coefficient (Wildman–Crippen LogP) is 1.05. The maximum absolute atomic E-state index is 12.2. The molecule has 1 saturated carbocycles. The lowest BCUT2D eigenvalue weighted by molar-refractivity contribution is 0.247. The summed E-state index contributed by atoms with van der Waals surface area (Å²) < 4.78 is 26.9. The van der Waals surface area contributed by atoms with Crippen LogP contribution >= 0.6 is 0 Å². The van der Waals surface area contributed by atoms with Gasteiger partial charge in [-0.2, -0.15) is 5.10 Å². The molecule has 0 bridgehead atoms. The summed E-state index contributed by atoms with van der Waals surface area (Å²) in [6.07, 6.45) is 3.76. The topological polar surface area (TPSA) is 91.0 Å². The zero-order chi connectivity index (χ0) is 16.8. The minimum atomic E-state index is -3.16. The molecule has 1 aromatic heterocycles. The zero-order valence-corrected chi connectivity index (χ0v) is 14.3. The second kappa shape index (κ2) is 5.65. The van der Waals surface area contributed by atoms with Gasteiger partial charge in [0.25, 0.3) is 0 Å². The van der Waals surface area contributed by atoms with E-state index < -0.39 is 14.8 Å². The largest absolute Gasteiger partial charge is 0.291 e. The monoisotopic (exact) mass is 347 g/mol. The molecule has 0 amide bonds. The van der Waals surface area contributed by atoms with Crippen molar-refractivity contribution in [3.05, 3.63) is 48.0 Å². The molecule has 2 aliphatic rings. The van der Waals surface area contributed by atoms with Crippen molar-refractivity contribution in [3.63, 3.8) is 0 Å². The van der Waals surface area contributed by atoms with E-state index in [-0.39, 0.29) is 12.1 Å². The number of hydrogen-bond acceptors (Lipinski definition) is 5. The number of hydrogen-bond donors (Lipinski definition) is 2. The molecule has 1 spiro atoms. The van der Waals surface area contributed by atoms with E-state index in [2.05, 4.69) is 24.8 Å². The summed E-state index contributed by atoms with van der Waals surface area (Å²) in [5, 5.41) is 6.91. The van der Waals surface area contributed by atoms with Crippen LogP contribution in [0, 0.1) is 0 Å². The number of likely N-dealkylation sites (N-methyl/N-ethyl adjacent to an activating group) is 1. The van der Waals surface area contributed by atoms with Crippen molar-refractivity contribution in [1.29, 1.82) is 0 Å². The second-order valence-corrected chi connectivity index (χ2v) is 8.94. The van der Waals surface area contributed by atoms with Gasteiger partial charge in [0.1, 0.15) is 12.2 Å². The number of nitrogens with zero attached hydrogens (tertiary/aromatic N) is 3. The van der Waals surface area contributed by atoms with E-state index in [4.69, 9.17) is 0 Å². The molecule has 2 atom stereocenters. The Bertz CT molecular complexity index is 802. The van der Waals surface area contributed by atoms with Crippen LogP contribution < -0.4 is 4.72 Å². The van der Waals surface area contributed by atoms with Gasteiger partial charge < -0.3 is 0 Å². The van der Waals surface area contributed by atoms with Crippen LogP contribution in [0.2, 0.25) is 0 Å². The van der Waals surface area contributed by atoms with Crippen molar-refractivity contribution >= 4 is 10.0 Å². The second-order valence-electron chi connectivity index (χ2n) is 6.83. The maximum Gasteiger partial charge on any atom is 0.217 e. The van der Waals surface area contributed by atoms with E-state index in [1.807, 2.05) is 37.4 Å². The number of aromatic amines is 1. The molecule has 0 radical (unpaired) electrons. The molecule has 7 nitrogen and oxygen atoms in total. The molecule has 4 rings (SSSR count). The third kappa shape index (κ3) is 2.64. The fourth-order valence-electron chi connectivity index (χ4n) is 3.72. The van der Waals surface area contributed by atoms with Gasteiger partial charge in [-0.15, -0.1) is 0 Å². The molecule has 1 aliphatic carbocycles. The van der Waals surface area contributed by atoms with Gasteiger partial charge in [-0.3, -0.25) is 10.00 Å².